The molecule has 0 saturated heterocycles. The van der Waals surface area contributed by atoms with Crippen LogP contribution in [0.1, 0.15) is 74.2 Å². The standard InChI is InChI=1S/C31H27Cl2N3O2/c32-24-17-34-18-25(33)27(24)28-23(29(38-36-28)21-4-5-21)19-37-31-12-9-30(10-13-31,11-14-31)8-7-20-3-6-26-22(16-20)2-1-15-35-26/h1-3,6,15-18,21H,4-5,9-14,19H2. The first-order valence-electron chi connectivity index (χ1n) is 13.3. The fourth-order valence-electron chi connectivity index (χ4n) is 6.10. The largest absolute Gasteiger partial charge is 0.370 e. The van der Waals surface area contributed by atoms with Crippen LogP contribution in [-0.4, -0.2) is 20.7 Å². The lowest BCUT2D eigenvalue weighted by Crippen LogP contribution is -2.47. The zero-order valence-electron chi connectivity index (χ0n) is 21.0. The molecule has 192 valence electrons. The summed E-state index contributed by atoms with van der Waals surface area (Å²) in [6.45, 7) is 0.448. The molecular formula is C31H27Cl2N3O2. The maximum atomic E-state index is 6.76. The number of fused-ring (bicyclic) bond motifs is 4. The van der Waals surface area contributed by atoms with E-state index in [0.29, 0.717) is 33.8 Å². The molecule has 7 heteroatoms. The maximum Gasteiger partial charge on any atom is 0.145 e. The summed E-state index contributed by atoms with van der Waals surface area (Å²) in [6.07, 6.45) is 13.4. The molecule has 8 rings (SSSR count). The van der Waals surface area contributed by atoms with E-state index >= 15 is 0 Å². The molecule has 4 aliphatic rings. The molecule has 0 amide bonds. The van der Waals surface area contributed by atoms with Crippen LogP contribution in [0.25, 0.3) is 22.2 Å². The molecule has 4 saturated carbocycles. The van der Waals surface area contributed by atoms with Crippen LogP contribution in [0.3, 0.4) is 0 Å². The third kappa shape index (κ3) is 4.39. The number of pyridine rings is 2. The highest BCUT2D eigenvalue weighted by Crippen LogP contribution is 2.54. The van der Waals surface area contributed by atoms with Gasteiger partial charge in [-0.3, -0.25) is 9.97 Å². The highest BCUT2D eigenvalue weighted by Gasteiger charge is 2.49. The van der Waals surface area contributed by atoms with Gasteiger partial charge < -0.3 is 9.26 Å². The van der Waals surface area contributed by atoms with Gasteiger partial charge in [-0.2, -0.15) is 0 Å². The van der Waals surface area contributed by atoms with Crippen molar-refractivity contribution in [3.05, 3.63) is 75.9 Å². The van der Waals surface area contributed by atoms with E-state index in [4.69, 9.17) is 32.5 Å². The molecule has 0 aliphatic heterocycles. The van der Waals surface area contributed by atoms with Crippen molar-refractivity contribution in [3.63, 3.8) is 0 Å². The lowest BCUT2D eigenvalue weighted by atomic mass is 9.59. The summed E-state index contributed by atoms with van der Waals surface area (Å²) in [5.41, 5.74) is 4.33. The van der Waals surface area contributed by atoms with Gasteiger partial charge in [-0.05, 0) is 75.6 Å². The molecule has 0 radical (unpaired) electrons. The molecule has 2 bridgehead atoms. The van der Waals surface area contributed by atoms with E-state index in [1.807, 2.05) is 12.3 Å². The molecule has 1 aromatic carbocycles. The van der Waals surface area contributed by atoms with E-state index in [1.54, 1.807) is 12.4 Å². The van der Waals surface area contributed by atoms with Crippen LogP contribution >= 0.6 is 23.2 Å². The second kappa shape index (κ2) is 9.38. The number of hydrogen-bond donors (Lipinski definition) is 0. The first-order chi connectivity index (χ1) is 18.5. The van der Waals surface area contributed by atoms with Crippen LogP contribution < -0.4 is 0 Å². The summed E-state index contributed by atoms with van der Waals surface area (Å²) in [5, 5.41) is 6.46. The zero-order chi connectivity index (χ0) is 25.7. The van der Waals surface area contributed by atoms with E-state index in [0.717, 1.165) is 79.2 Å². The second-order valence-corrected chi connectivity index (χ2v) is 11.9. The Labute approximate surface area is 231 Å². The summed E-state index contributed by atoms with van der Waals surface area (Å²) < 4.78 is 12.6. The monoisotopic (exact) mass is 543 g/mol. The third-order valence-corrected chi connectivity index (χ3v) is 9.21. The van der Waals surface area contributed by atoms with Crippen molar-refractivity contribution < 1.29 is 9.26 Å². The number of aromatic nitrogens is 3. The Hall–Kier alpha value is -2.91. The normalized spacial score (nSPS) is 24.4. The molecule has 4 aromatic rings. The van der Waals surface area contributed by atoms with Crippen molar-refractivity contribution in [2.75, 3.05) is 0 Å². The molecule has 5 nitrogen and oxygen atoms in total. The van der Waals surface area contributed by atoms with Crippen molar-refractivity contribution in [2.24, 2.45) is 5.41 Å². The zero-order valence-corrected chi connectivity index (χ0v) is 22.5. The van der Waals surface area contributed by atoms with Crippen molar-refractivity contribution in [1.82, 2.24) is 15.1 Å². The second-order valence-electron chi connectivity index (χ2n) is 11.0. The lowest BCUT2D eigenvalue weighted by molar-refractivity contribution is -0.131. The van der Waals surface area contributed by atoms with Gasteiger partial charge in [-0.25, -0.2) is 0 Å². The number of hydrogen-bond acceptors (Lipinski definition) is 5. The lowest BCUT2D eigenvalue weighted by Gasteiger charge is -2.51. The van der Waals surface area contributed by atoms with Gasteiger partial charge in [0.25, 0.3) is 0 Å². The molecule has 38 heavy (non-hydrogen) atoms. The van der Waals surface area contributed by atoms with Gasteiger partial charge in [0.1, 0.15) is 11.5 Å². The van der Waals surface area contributed by atoms with E-state index in [1.165, 1.54) is 0 Å². The van der Waals surface area contributed by atoms with Gasteiger partial charge >= 0.3 is 0 Å². The Bertz CT molecular complexity index is 1550. The van der Waals surface area contributed by atoms with Gasteiger partial charge in [0.15, 0.2) is 0 Å². The molecule has 0 N–H and O–H groups in total. The van der Waals surface area contributed by atoms with Crippen LogP contribution in [0.2, 0.25) is 10.0 Å². The quantitative estimate of drug-likeness (QED) is 0.238. The van der Waals surface area contributed by atoms with Crippen LogP contribution in [0.4, 0.5) is 0 Å². The highest BCUT2D eigenvalue weighted by atomic mass is 35.5. The van der Waals surface area contributed by atoms with Crippen LogP contribution in [0.5, 0.6) is 0 Å². The predicted octanol–water partition coefficient (Wildman–Crippen LogP) is 8.13. The summed E-state index contributed by atoms with van der Waals surface area (Å²) >= 11 is 13.0. The van der Waals surface area contributed by atoms with Gasteiger partial charge in [0.2, 0.25) is 0 Å². The number of nitrogens with zero attached hydrogens (tertiary/aromatic N) is 3. The molecular weight excluding hydrogens is 517 g/mol. The Balaban J connectivity index is 1.08. The average molecular weight is 544 g/mol. The van der Waals surface area contributed by atoms with E-state index in [-0.39, 0.29) is 11.0 Å². The summed E-state index contributed by atoms with van der Waals surface area (Å²) in [7, 11) is 0. The number of rotatable bonds is 5. The van der Waals surface area contributed by atoms with Crippen LogP contribution in [0.15, 0.2) is 53.4 Å². The van der Waals surface area contributed by atoms with Crippen molar-refractivity contribution in [3.8, 4) is 23.1 Å². The minimum Gasteiger partial charge on any atom is -0.370 e. The Morgan fingerprint density at radius 2 is 1.76 bits per heavy atom. The van der Waals surface area contributed by atoms with Crippen LogP contribution in [0, 0.1) is 17.3 Å². The number of halogens is 2. The number of benzene rings is 1. The molecule has 3 heterocycles. The van der Waals surface area contributed by atoms with Crippen molar-refractivity contribution in [1.29, 1.82) is 0 Å². The maximum absolute atomic E-state index is 6.76. The molecule has 4 fully saturated rings. The van der Waals surface area contributed by atoms with Crippen molar-refractivity contribution in [2.45, 2.75) is 69.5 Å². The minimum atomic E-state index is -0.126. The minimum absolute atomic E-state index is 0.0780. The van der Waals surface area contributed by atoms with Gasteiger partial charge in [0, 0.05) is 52.0 Å². The molecule has 0 unspecified atom stereocenters. The van der Waals surface area contributed by atoms with E-state index in [9.17, 15) is 0 Å². The Morgan fingerprint density at radius 1 is 1.00 bits per heavy atom. The predicted molar refractivity (Wildman–Crippen MR) is 148 cm³/mol. The summed E-state index contributed by atoms with van der Waals surface area (Å²) in [6, 6.07) is 10.3. The first kappa shape index (κ1) is 24.2. The first-order valence-corrected chi connectivity index (χ1v) is 14.1. The summed E-state index contributed by atoms with van der Waals surface area (Å²) in [4.78, 5) is 8.50. The fraction of sp³-hybridized carbons (Fsp3) is 0.387. The molecule has 3 aromatic heterocycles. The third-order valence-electron chi connectivity index (χ3n) is 8.63. The van der Waals surface area contributed by atoms with Gasteiger partial charge in [-0.1, -0.05) is 46.3 Å². The molecule has 0 spiro atoms. The van der Waals surface area contributed by atoms with E-state index in [2.05, 4.69) is 51.2 Å². The van der Waals surface area contributed by atoms with Gasteiger partial charge in [0.05, 0.1) is 27.8 Å². The Morgan fingerprint density at radius 3 is 2.50 bits per heavy atom. The Kier molecular flexibility index (Phi) is 5.96. The van der Waals surface area contributed by atoms with Crippen molar-refractivity contribution >= 4 is 34.1 Å². The summed E-state index contributed by atoms with van der Waals surface area (Å²) in [5.74, 6) is 8.48. The smallest absolute Gasteiger partial charge is 0.145 e. The SMILES string of the molecule is Clc1cncc(Cl)c1-c1noc(C2CC2)c1COC12CCC(C#Cc3ccc4ncccc4c3)(CC1)CC2. The molecule has 4 aliphatic carbocycles. The average Bonchev–Trinajstić information content (AvgIpc) is 3.72. The number of ether oxygens (including phenoxy) is 1. The van der Waals surface area contributed by atoms with E-state index < -0.39 is 0 Å². The molecule has 0 atom stereocenters. The van der Waals surface area contributed by atoms with Crippen LogP contribution in [-0.2, 0) is 11.3 Å². The fourth-order valence-corrected chi connectivity index (χ4v) is 6.64. The highest BCUT2D eigenvalue weighted by molar-refractivity contribution is 6.38. The van der Waals surface area contributed by atoms with Gasteiger partial charge in [-0.15, -0.1) is 0 Å². The topological polar surface area (TPSA) is 61.0 Å².